The maximum Gasteiger partial charge on any atom is 0.255 e. The van der Waals surface area contributed by atoms with Gasteiger partial charge in [0, 0.05) is 16.8 Å². The van der Waals surface area contributed by atoms with Gasteiger partial charge in [-0.25, -0.2) is 10.4 Å². The molecule has 132 valence electrons. The van der Waals surface area contributed by atoms with Crippen molar-refractivity contribution in [3.8, 4) is 5.75 Å². The van der Waals surface area contributed by atoms with Gasteiger partial charge in [0.1, 0.15) is 12.4 Å². The molecule has 2 N–H and O–H groups in total. The average Bonchev–Trinajstić information content (AvgIpc) is 2.66. The predicted octanol–water partition coefficient (Wildman–Crippen LogP) is 3.41. The first-order valence-electron chi connectivity index (χ1n) is 8.26. The number of anilines is 1. The lowest BCUT2D eigenvalue weighted by Crippen LogP contribution is -2.15. The van der Waals surface area contributed by atoms with Gasteiger partial charge in [-0.05, 0) is 31.5 Å². The number of benzene rings is 2. The smallest absolute Gasteiger partial charge is 0.255 e. The van der Waals surface area contributed by atoms with Gasteiger partial charge in [-0.15, -0.1) is 0 Å². The molecule has 1 heterocycles. The van der Waals surface area contributed by atoms with E-state index < -0.39 is 0 Å². The Morgan fingerprint density at radius 1 is 1.12 bits per heavy atom. The number of aromatic amines is 1. The van der Waals surface area contributed by atoms with E-state index in [1.165, 1.54) is 0 Å². The lowest BCUT2D eigenvalue weighted by atomic mass is 10.2. The molecule has 0 saturated carbocycles. The van der Waals surface area contributed by atoms with Crippen molar-refractivity contribution >= 4 is 12.2 Å². The number of nitrogens with one attached hydrogen (secondary N) is 2. The van der Waals surface area contributed by atoms with Crippen molar-refractivity contribution < 1.29 is 4.74 Å². The monoisotopic (exact) mass is 348 g/mol. The Balaban J connectivity index is 1.70. The van der Waals surface area contributed by atoms with Crippen LogP contribution in [0.3, 0.4) is 0 Å². The summed E-state index contributed by atoms with van der Waals surface area (Å²) in [5.74, 6) is 1.03. The van der Waals surface area contributed by atoms with Crippen LogP contribution in [0.25, 0.3) is 0 Å². The predicted molar refractivity (Wildman–Crippen MR) is 103 cm³/mol. The fourth-order valence-corrected chi connectivity index (χ4v) is 2.31. The van der Waals surface area contributed by atoms with Gasteiger partial charge >= 0.3 is 0 Å². The molecule has 6 nitrogen and oxygen atoms in total. The van der Waals surface area contributed by atoms with Crippen molar-refractivity contribution in [1.82, 2.24) is 9.97 Å². The van der Waals surface area contributed by atoms with Crippen LogP contribution in [0.1, 0.15) is 22.4 Å². The number of hydrogen-bond acceptors (Lipinski definition) is 5. The summed E-state index contributed by atoms with van der Waals surface area (Å²) < 4.78 is 5.89. The highest BCUT2D eigenvalue weighted by molar-refractivity contribution is 5.83. The van der Waals surface area contributed by atoms with E-state index in [2.05, 4.69) is 20.5 Å². The van der Waals surface area contributed by atoms with Crippen molar-refractivity contribution in [2.75, 3.05) is 5.43 Å². The van der Waals surface area contributed by atoms with Crippen LogP contribution in [-0.4, -0.2) is 16.2 Å². The Morgan fingerprint density at radius 2 is 1.85 bits per heavy atom. The zero-order chi connectivity index (χ0) is 18.4. The Labute approximate surface area is 151 Å². The summed E-state index contributed by atoms with van der Waals surface area (Å²) in [7, 11) is 0. The quantitative estimate of drug-likeness (QED) is 0.528. The third kappa shape index (κ3) is 4.36. The molecule has 0 amide bonds. The standard InChI is InChI=1S/C20H20N4O2/c1-14-15(2)22-20(23-19(14)25)24-21-12-17-10-6-7-11-18(17)26-13-16-8-4-3-5-9-16/h3-12H,13H2,1-2H3,(H2,22,23,24,25)/b21-12-. The second kappa shape index (κ2) is 8.11. The summed E-state index contributed by atoms with van der Waals surface area (Å²) >= 11 is 0. The number of aryl methyl sites for hydroxylation is 1. The molecule has 0 bridgehead atoms. The molecule has 3 aromatic rings. The van der Waals surface area contributed by atoms with E-state index in [1.807, 2.05) is 54.6 Å². The summed E-state index contributed by atoms with van der Waals surface area (Å²) in [5, 5.41) is 4.15. The fourth-order valence-electron chi connectivity index (χ4n) is 2.31. The highest BCUT2D eigenvalue weighted by Gasteiger charge is 2.03. The molecule has 0 saturated heterocycles. The number of hydrazone groups is 1. The van der Waals surface area contributed by atoms with Gasteiger partial charge < -0.3 is 4.74 Å². The molecule has 0 spiro atoms. The molecule has 0 aliphatic rings. The van der Waals surface area contributed by atoms with Gasteiger partial charge in [0.05, 0.1) is 6.21 Å². The molecule has 6 heteroatoms. The summed E-state index contributed by atoms with van der Waals surface area (Å²) in [6.07, 6.45) is 1.63. The highest BCUT2D eigenvalue weighted by Crippen LogP contribution is 2.17. The molecular formula is C20H20N4O2. The van der Waals surface area contributed by atoms with Crippen LogP contribution in [0.2, 0.25) is 0 Å². The highest BCUT2D eigenvalue weighted by atomic mass is 16.5. The first-order chi connectivity index (χ1) is 12.6. The van der Waals surface area contributed by atoms with Crippen LogP contribution >= 0.6 is 0 Å². The molecule has 0 radical (unpaired) electrons. The van der Waals surface area contributed by atoms with Gasteiger partial charge in [0.15, 0.2) is 0 Å². The lowest BCUT2D eigenvalue weighted by molar-refractivity contribution is 0.306. The molecule has 0 aliphatic heterocycles. The van der Waals surface area contributed by atoms with Crippen LogP contribution in [0.5, 0.6) is 5.75 Å². The van der Waals surface area contributed by atoms with Crippen molar-refractivity contribution in [2.24, 2.45) is 5.10 Å². The Bertz CT molecular complexity index is 965. The summed E-state index contributed by atoms with van der Waals surface area (Å²) in [6.45, 7) is 3.99. The van der Waals surface area contributed by atoms with Crippen LogP contribution in [0.4, 0.5) is 5.95 Å². The van der Waals surface area contributed by atoms with Crippen molar-refractivity contribution in [2.45, 2.75) is 20.5 Å². The average molecular weight is 348 g/mol. The van der Waals surface area contributed by atoms with E-state index in [1.54, 1.807) is 20.1 Å². The summed E-state index contributed by atoms with van der Waals surface area (Å²) in [4.78, 5) is 18.7. The summed E-state index contributed by atoms with van der Waals surface area (Å²) in [6, 6.07) is 17.6. The van der Waals surface area contributed by atoms with Crippen molar-refractivity contribution in [3.63, 3.8) is 0 Å². The van der Waals surface area contributed by atoms with E-state index in [9.17, 15) is 4.79 Å². The zero-order valence-electron chi connectivity index (χ0n) is 14.7. The van der Waals surface area contributed by atoms with Gasteiger partial charge in [0.25, 0.3) is 5.56 Å². The minimum absolute atomic E-state index is 0.179. The Kier molecular flexibility index (Phi) is 5.43. The van der Waals surface area contributed by atoms with E-state index in [0.29, 0.717) is 23.8 Å². The number of para-hydroxylation sites is 1. The Hall–Kier alpha value is -3.41. The van der Waals surface area contributed by atoms with E-state index >= 15 is 0 Å². The van der Waals surface area contributed by atoms with Crippen LogP contribution in [-0.2, 0) is 6.61 Å². The molecule has 0 unspecified atom stereocenters. The minimum atomic E-state index is -0.179. The van der Waals surface area contributed by atoms with Crippen molar-refractivity contribution in [3.05, 3.63) is 87.3 Å². The van der Waals surface area contributed by atoms with Crippen molar-refractivity contribution in [1.29, 1.82) is 0 Å². The molecule has 26 heavy (non-hydrogen) atoms. The Morgan fingerprint density at radius 3 is 2.62 bits per heavy atom. The maximum absolute atomic E-state index is 11.8. The first kappa shape index (κ1) is 17.4. The number of ether oxygens (including phenoxy) is 1. The first-order valence-corrected chi connectivity index (χ1v) is 8.26. The minimum Gasteiger partial charge on any atom is -0.488 e. The van der Waals surface area contributed by atoms with E-state index in [0.717, 1.165) is 16.9 Å². The number of rotatable bonds is 6. The number of hydrogen-bond donors (Lipinski definition) is 2. The zero-order valence-corrected chi connectivity index (χ0v) is 14.7. The molecular weight excluding hydrogens is 328 g/mol. The topological polar surface area (TPSA) is 79.4 Å². The molecule has 1 aromatic heterocycles. The number of H-pyrrole nitrogens is 1. The van der Waals surface area contributed by atoms with Crippen LogP contribution in [0, 0.1) is 13.8 Å². The van der Waals surface area contributed by atoms with Gasteiger partial charge in [0.2, 0.25) is 5.95 Å². The maximum atomic E-state index is 11.8. The molecule has 2 aromatic carbocycles. The number of aromatic nitrogens is 2. The molecule has 0 atom stereocenters. The molecule has 3 rings (SSSR count). The largest absolute Gasteiger partial charge is 0.488 e. The second-order valence-corrected chi connectivity index (χ2v) is 5.81. The fraction of sp³-hybridized carbons (Fsp3) is 0.150. The third-order valence-corrected chi connectivity index (χ3v) is 3.93. The molecule has 0 aliphatic carbocycles. The second-order valence-electron chi connectivity index (χ2n) is 5.81. The summed E-state index contributed by atoms with van der Waals surface area (Å²) in [5.41, 5.74) is 5.75. The van der Waals surface area contributed by atoms with Crippen LogP contribution < -0.4 is 15.7 Å². The van der Waals surface area contributed by atoms with Gasteiger partial charge in [-0.3, -0.25) is 9.78 Å². The van der Waals surface area contributed by atoms with E-state index in [4.69, 9.17) is 4.74 Å². The lowest BCUT2D eigenvalue weighted by Gasteiger charge is -2.09. The van der Waals surface area contributed by atoms with Gasteiger partial charge in [-0.2, -0.15) is 5.10 Å². The SMILES string of the molecule is Cc1nc(N/N=C\c2ccccc2OCc2ccccc2)[nH]c(=O)c1C. The normalized spacial score (nSPS) is 10.8. The number of nitrogens with zero attached hydrogens (tertiary/aromatic N) is 2. The third-order valence-electron chi connectivity index (χ3n) is 3.93. The molecule has 0 fully saturated rings. The van der Waals surface area contributed by atoms with E-state index in [-0.39, 0.29) is 5.56 Å². The van der Waals surface area contributed by atoms with Gasteiger partial charge in [-0.1, -0.05) is 42.5 Å². The van der Waals surface area contributed by atoms with Crippen LogP contribution in [0.15, 0.2) is 64.5 Å².